The number of hydrogen-bond donors (Lipinski definition) is 1. The number of imidazole rings is 1. The summed E-state index contributed by atoms with van der Waals surface area (Å²) in [6.45, 7) is 8.54. The summed E-state index contributed by atoms with van der Waals surface area (Å²) >= 11 is 0. The first-order valence-corrected chi connectivity index (χ1v) is 7.31. The van der Waals surface area contributed by atoms with Crippen LogP contribution in [0.15, 0.2) is 18.2 Å². The van der Waals surface area contributed by atoms with Crippen molar-refractivity contribution >= 4 is 11.0 Å². The molecule has 110 valence electrons. The molecule has 0 fully saturated rings. The summed E-state index contributed by atoms with van der Waals surface area (Å²) < 4.78 is 7.96. The van der Waals surface area contributed by atoms with Crippen LogP contribution in [0.25, 0.3) is 11.0 Å². The predicted octanol–water partition coefficient (Wildman–Crippen LogP) is 3.33. The fourth-order valence-corrected chi connectivity index (χ4v) is 2.46. The number of rotatable bonds is 6. The van der Waals surface area contributed by atoms with Crippen LogP contribution >= 0.6 is 0 Å². The van der Waals surface area contributed by atoms with Crippen LogP contribution in [-0.2, 0) is 6.42 Å². The Morgan fingerprint density at radius 2 is 2.00 bits per heavy atom. The van der Waals surface area contributed by atoms with Crippen molar-refractivity contribution in [2.24, 2.45) is 0 Å². The van der Waals surface area contributed by atoms with Gasteiger partial charge < -0.3 is 14.4 Å². The van der Waals surface area contributed by atoms with Gasteiger partial charge in [0.25, 0.3) is 0 Å². The van der Waals surface area contributed by atoms with Gasteiger partial charge in [0.1, 0.15) is 11.6 Å². The number of aliphatic hydroxyl groups excluding tert-OH is 1. The first-order chi connectivity index (χ1) is 9.52. The van der Waals surface area contributed by atoms with Gasteiger partial charge in [0.05, 0.1) is 17.1 Å². The lowest BCUT2D eigenvalue weighted by molar-refractivity contribution is 0.242. The lowest BCUT2D eigenvalue weighted by Crippen LogP contribution is -2.07. The monoisotopic (exact) mass is 276 g/mol. The number of nitrogens with zero attached hydrogens (tertiary/aromatic N) is 2. The van der Waals surface area contributed by atoms with Crippen molar-refractivity contribution in [1.82, 2.24) is 9.55 Å². The van der Waals surface area contributed by atoms with Crippen LogP contribution in [0.1, 0.15) is 46.0 Å². The number of fused-ring (bicyclic) bond motifs is 1. The average molecular weight is 276 g/mol. The minimum atomic E-state index is 0.161. The highest BCUT2D eigenvalue weighted by atomic mass is 16.5. The first-order valence-electron chi connectivity index (χ1n) is 7.31. The van der Waals surface area contributed by atoms with E-state index in [1.807, 2.05) is 26.0 Å². The highest BCUT2D eigenvalue weighted by molar-refractivity contribution is 5.78. The van der Waals surface area contributed by atoms with Gasteiger partial charge in [-0.15, -0.1) is 0 Å². The second-order valence-corrected chi connectivity index (χ2v) is 5.64. The van der Waals surface area contributed by atoms with Crippen LogP contribution in [0.4, 0.5) is 0 Å². The summed E-state index contributed by atoms with van der Waals surface area (Å²) in [6, 6.07) is 6.42. The van der Waals surface area contributed by atoms with Gasteiger partial charge >= 0.3 is 0 Å². The van der Waals surface area contributed by atoms with Crippen LogP contribution in [0.2, 0.25) is 0 Å². The normalized spacial score (nSPS) is 11.8. The van der Waals surface area contributed by atoms with E-state index in [2.05, 4.69) is 24.5 Å². The number of aliphatic hydroxyl groups is 1. The van der Waals surface area contributed by atoms with Crippen LogP contribution in [0.3, 0.4) is 0 Å². The fourth-order valence-electron chi connectivity index (χ4n) is 2.46. The van der Waals surface area contributed by atoms with E-state index in [9.17, 15) is 0 Å². The predicted molar refractivity (Wildman–Crippen MR) is 81.3 cm³/mol. The van der Waals surface area contributed by atoms with E-state index >= 15 is 0 Å². The molecule has 1 aromatic carbocycles. The topological polar surface area (TPSA) is 47.3 Å². The van der Waals surface area contributed by atoms with E-state index < -0.39 is 0 Å². The summed E-state index contributed by atoms with van der Waals surface area (Å²) in [5, 5.41) is 9.02. The number of benzene rings is 1. The van der Waals surface area contributed by atoms with Gasteiger partial charge in [-0.25, -0.2) is 4.98 Å². The van der Waals surface area contributed by atoms with E-state index in [-0.39, 0.29) is 12.7 Å². The van der Waals surface area contributed by atoms with Crippen molar-refractivity contribution in [3.63, 3.8) is 0 Å². The van der Waals surface area contributed by atoms with Gasteiger partial charge in [-0.1, -0.05) is 0 Å². The molecule has 20 heavy (non-hydrogen) atoms. The van der Waals surface area contributed by atoms with Gasteiger partial charge in [0.2, 0.25) is 0 Å². The zero-order valence-electron chi connectivity index (χ0n) is 12.8. The van der Waals surface area contributed by atoms with Crippen molar-refractivity contribution in [2.45, 2.75) is 52.7 Å². The van der Waals surface area contributed by atoms with E-state index in [1.54, 1.807) is 0 Å². The molecule has 4 heteroatoms. The summed E-state index contributed by atoms with van der Waals surface area (Å²) in [4.78, 5) is 4.71. The molecule has 4 nitrogen and oxygen atoms in total. The van der Waals surface area contributed by atoms with E-state index in [0.717, 1.165) is 35.4 Å². The average Bonchev–Trinajstić information content (AvgIpc) is 2.73. The third-order valence-electron chi connectivity index (χ3n) is 3.18. The van der Waals surface area contributed by atoms with E-state index in [4.69, 9.17) is 14.8 Å². The minimum Gasteiger partial charge on any atom is -0.491 e. The maximum Gasteiger partial charge on any atom is 0.121 e. The maximum absolute atomic E-state index is 9.02. The number of aromatic nitrogens is 2. The summed E-state index contributed by atoms with van der Waals surface area (Å²) in [7, 11) is 0. The van der Waals surface area contributed by atoms with E-state index in [1.165, 1.54) is 0 Å². The van der Waals surface area contributed by atoms with Gasteiger partial charge in [-0.2, -0.15) is 0 Å². The Labute approximate surface area is 120 Å². The largest absolute Gasteiger partial charge is 0.491 e. The van der Waals surface area contributed by atoms with Crippen LogP contribution in [-0.4, -0.2) is 27.4 Å². The van der Waals surface area contributed by atoms with Gasteiger partial charge in [-0.3, -0.25) is 0 Å². The Balaban J connectivity index is 2.43. The molecule has 1 aromatic heterocycles. The molecule has 0 radical (unpaired) electrons. The molecule has 0 amide bonds. The van der Waals surface area contributed by atoms with Crippen LogP contribution in [0, 0.1) is 0 Å². The zero-order valence-corrected chi connectivity index (χ0v) is 12.8. The molecule has 2 rings (SSSR count). The summed E-state index contributed by atoms with van der Waals surface area (Å²) in [5.74, 6) is 1.89. The Bertz CT molecular complexity index is 573. The summed E-state index contributed by atoms with van der Waals surface area (Å²) in [6.07, 6.45) is 1.70. The lowest BCUT2D eigenvalue weighted by atomic mass is 10.2. The first kappa shape index (κ1) is 14.9. The SMILES string of the molecule is CC(C)Oc1ccc2c(c1)nc(CCCO)n2C(C)C. The number of aryl methyl sites for hydroxylation is 1. The van der Waals surface area contributed by atoms with Gasteiger partial charge in [-0.05, 0) is 46.2 Å². The molecule has 0 aliphatic heterocycles. The second kappa shape index (κ2) is 6.27. The standard InChI is InChI=1S/C16H24N2O2/c1-11(2)18-15-8-7-13(20-12(3)4)10-14(15)17-16(18)6-5-9-19/h7-8,10-12,19H,5-6,9H2,1-4H3. The molecule has 0 saturated heterocycles. The van der Waals surface area contributed by atoms with Crippen molar-refractivity contribution in [1.29, 1.82) is 0 Å². The molecule has 0 aliphatic rings. The Morgan fingerprint density at radius 3 is 2.60 bits per heavy atom. The summed E-state index contributed by atoms with van der Waals surface area (Å²) in [5.41, 5.74) is 2.09. The third kappa shape index (κ3) is 3.12. The van der Waals surface area contributed by atoms with Gasteiger partial charge in [0, 0.05) is 25.1 Å². The highest BCUT2D eigenvalue weighted by Crippen LogP contribution is 2.26. The lowest BCUT2D eigenvalue weighted by Gasteiger charge is -2.13. The van der Waals surface area contributed by atoms with Crippen molar-refractivity contribution in [2.75, 3.05) is 6.61 Å². The smallest absolute Gasteiger partial charge is 0.121 e. The zero-order chi connectivity index (χ0) is 14.7. The molecule has 0 bridgehead atoms. The maximum atomic E-state index is 9.02. The molecule has 0 atom stereocenters. The molecule has 0 saturated carbocycles. The fraction of sp³-hybridized carbons (Fsp3) is 0.562. The third-order valence-corrected chi connectivity index (χ3v) is 3.18. The molecular weight excluding hydrogens is 252 g/mol. The molecule has 0 aliphatic carbocycles. The highest BCUT2D eigenvalue weighted by Gasteiger charge is 2.13. The Hall–Kier alpha value is -1.55. The van der Waals surface area contributed by atoms with Crippen LogP contribution in [0.5, 0.6) is 5.75 Å². The van der Waals surface area contributed by atoms with Crippen LogP contribution < -0.4 is 4.74 Å². The number of hydrogen-bond acceptors (Lipinski definition) is 3. The second-order valence-electron chi connectivity index (χ2n) is 5.64. The molecule has 0 spiro atoms. The number of ether oxygens (including phenoxy) is 1. The quantitative estimate of drug-likeness (QED) is 0.880. The molecule has 1 heterocycles. The Morgan fingerprint density at radius 1 is 1.25 bits per heavy atom. The molecule has 0 unspecified atom stereocenters. The van der Waals surface area contributed by atoms with E-state index in [0.29, 0.717) is 6.04 Å². The van der Waals surface area contributed by atoms with Crippen molar-refractivity contribution < 1.29 is 9.84 Å². The van der Waals surface area contributed by atoms with Crippen molar-refractivity contribution in [3.05, 3.63) is 24.0 Å². The molecular formula is C16H24N2O2. The molecule has 1 N–H and O–H groups in total. The van der Waals surface area contributed by atoms with Crippen molar-refractivity contribution in [3.8, 4) is 5.75 Å². The molecule has 2 aromatic rings. The minimum absolute atomic E-state index is 0.161. The Kier molecular flexibility index (Phi) is 4.65. The van der Waals surface area contributed by atoms with Gasteiger partial charge in [0.15, 0.2) is 0 Å².